The molecule has 0 amide bonds. The van der Waals surface area contributed by atoms with Gasteiger partial charge in [-0.2, -0.15) is 0 Å². The van der Waals surface area contributed by atoms with Crippen molar-refractivity contribution in [1.82, 2.24) is 0 Å². The molecule has 0 aliphatic rings. The maximum atomic E-state index is 10.9. The molecule has 0 atom stereocenters. The van der Waals surface area contributed by atoms with Crippen molar-refractivity contribution in [2.45, 2.75) is 67.7 Å². The van der Waals surface area contributed by atoms with Gasteiger partial charge in [0.1, 0.15) is 0 Å². The Hall–Kier alpha value is -0.706. The first-order valence-corrected chi connectivity index (χ1v) is 9.16. The van der Waals surface area contributed by atoms with Gasteiger partial charge in [-0.05, 0) is 27.7 Å². The van der Waals surface area contributed by atoms with Crippen LogP contribution >= 0.6 is 0 Å². The number of carbonyl (C=O) groups is 2. The molecule has 0 aliphatic heterocycles. The standard InChI is InChI=1S/C9H20O4Si.C2H6O2Si.CH4/c1-7(2)11-14(6,12-8(3)4)13-9(5)10;1-2(3)4-5;/h7-8H,1-6H3;1,5H3;1H4. The van der Waals surface area contributed by atoms with Crippen molar-refractivity contribution in [2.75, 3.05) is 0 Å². The van der Waals surface area contributed by atoms with Crippen LogP contribution in [0.2, 0.25) is 6.55 Å². The van der Waals surface area contributed by atoms with Gasteiger partial charge < -0.3 is 17.7 Å². The summed E-state index contributed by atoms with van der Waals surface area (Å²) in [7, 11) is -2.26. The van der Waals surface area contributed by atoms with Crippen LogP contribution < -0.4 is 0 Å². The van der Waals surface area contributed by atoms with Crippen molar-refractivity contribution in [1.29, 1.82) is 0 Å². The summed E-state index contributed by atoms with van der Waals surface area (Å²) in [5.41, 5.74) is 0. The fraction of sp³-hybridized carbons (Fsp3) is 0.833. The Morgan fingerprint density at radius 1 is 0.950 bits per heavy atom. The highest BCUT2D eigenvalue weighted by molar-refractivity contribution is 6.61. The minimum atomic E-state index is -2.79. The Morgan fingerprint density at radius 2 is 1.25 bits per heavy atom. The summed E-state index contributed by atoms with van der Waals surface area (Å²) in [5.74, 6) is -0.544. The van der Waals surface area contributed by atoms with Crippen molar-refractivity contribution in [3.63, 3.8) is 0 Å². The zero-order valence-corrected chi connectivity index (χ0v) is 16.1. The van der Waals surface area contributed by atoms with E-state index in [-0.39, 0.29) is 31.6 Å². The summed E-state index contributed by atoms with van der Waals surface area (Å²) >= 11 is 0. The topological polar surface area (TPSA) is 71.1 Å². The molecule has 20 heavy (non-hydrogen) atoms. The van der Waals surface area contributed by atoms with E-state index in [1.54, 1.807) is 6.55 Å². The summed E-state index contributed by atoms with van der Waals surface area (Å²) in [6.07, 6.45) is -0.0190. The second-order valence-electron chi connectivity index (χ2n) is 4.48. The molecule has 0 fully saturated rings. The van der Waals surface area contributed by atoms with Crippen LogP contribution in [0.1, 0.15) is 49.0 Å². The molecule has 8 heteroatoms. The summed E-state index contributed by atoms with van der Waals surface area (Å²) in [4.78, 5) is 20.5. The molecule has 0 bridgehead atoms. The summed E-state index contributed by atoms with van der Waals surface area (Å²) in [5, 5.41) is 0. The molecule has 0 aliphatic carbocycles. The predicted octanol–water partition coefficient (Wildman–Crippen LogP) is 1.43. The minimum absolute atomic E-state index is 0. The number of rotatable bonds is 5. The van der Waals surface area contributed by atoms with E-state index in [2.05, 4.69) is 4.43 Å². The molecule has 0 aromatic carbocycles. The molecular formula is C12H30O6Si2. The van der Waals surface area contributed by atoms with Crippen molar-refractivity contribution >= 4 is 31.2 Å². The third kappa shape index (κ3) is 17.3. The van der Waals surface area contributed by atoms with Crippen molar-refractivity contribution in [3.8, 4) is 0 Å². The van der Waals surface area contributed by atoms with E-state index in [9.17, 15) is 9.59 Å². The molecule has 6 nitrogen and oxygen atoms in total. The van der Waals surface area contributed by atoms with Crippen molar-refractivity contribution in [2.24, 2.45) is 0 Å². The predicted molar refractivity (Wildman–Crippen MR) is 84.3 cm³/mol. The van der Waals surface area contributed by atoms with Gasteiger partial charge >= 0.3 is 8.80 Å². The van der Waals surface area contributed by atoms with Gasteiger partial charge in [0, 0.05) is 32.6 Å². The molecule has 0 saturated heterocycles. The Bertz CT molecular complexity index is 271. The van der Waals surface area contributed by atoms with Gasteiger partial charge in [-0.25, -0.2) is 0 Å². The van der Waals surface area contributed by atoms with E-state index in [1.807, 2.05) is 27.7 Å². The largest absolute Gasteiger partial charge is 0.565 e. The van der Waals surface area contributed by atoms with Crippen LogP contribution in [0.5, 0.6) is 0 Å². The lowest BCUT2D eigenvalue weighted by Gasteiger charge is -2.28. The molecule has 0 rings (SSSR count). The van der Waals surface area contributed by atoms with E-state index in [4.69, 9.17) is 13.3 Å². The average Bonchev–Trinajstić information content (AvgIpc) is 2.13. The van der Waals surface area contributed by atoms with Gasteiger partial charge in [-0.3, -0.25) is 9.59 Å². The van der Waals surface area contributed by atoms with Gasteiger partial charge in [0.05, 0.1) is 0 Å². The first-order chi connectivity index (χ1) is 8.52. The number of carbonyl (C=O) groups excluding carboxylic acids is 2. The average molecular weight is 327 g/mol. The third-order valence-electron chi connectivity index (χ3n) is 1.52. The molecule has 122 valence electrons. The maximum Gasteiger partial charge on any atom is 0.565 e. The summed E-state index contributed by atoms with van der Waals surface area (Å²) in [6.45, 7) is 12.0. The number of hydrogen-bond donors (Lipinski definition) is 0. The first kappa shape index (κ1) is 24.3. The monoisotopic (exact) mass is 326 g/mol. The fourth-order valence-electron chi connectivity index (χ4n) is 1.19. The van der Waals surface area contributed by atoms with Crippen LogP contribution in [0.15, 0.2) is 0 Å². The highest BCUT2D eigenvalue weighted by Crippen LogP contribution is 2.14. The third-order valence-corrected chi connectivity index (χ3v) is 4.55. The van der Waals surface area contributed by atoms with Gasteiger partial charge in [0.25, 0.3) is 11.9 Å². The second-order valence-corrected chi connectivity index (χ2v) is 7.29. The molecule has 0 aromatic heterocycles. The lowest BCUT2D eigenvalue weighted by molar-refractivity contribution is -0.137. The van der Waals surface area contributed by atoms with E-state index < -0.39 is 8.80 Å². The van der Waals surface area contributed by atoms with Crippen LogP contribution in [-0.2, 0) is 27.3 Å². The minimum Gasteiger partial charge on any atom is -0.529 e. The van der Waals surface area contributed by atoms with Crippen molar-refractivity contribution in [3.05, 3.63) is 0 Å². The Morgan fingerprint density at radius 3 is 1.40 bits per heavy atom. The number of hydrogen-bond acceptors (Lipinski definition) is 6. The SMILES string of the molecule is C.CC(=O)O[SiH3].CC(=O)O[Si](C)(OC(C)C)OC(C)C. The lowest BCUT2D eigenvalue weighted by atomic mass is 10.5. The van der Waals surface area contributed by atoms with E-state index >= 15 is 0 Å². The quantitative estimate of drug-likeness (QED) is 0.712. The normalized spacial score (nSPS) is 10.4. The van der Waals surface area contributed by atoms with Gasteiger partial charge in [-0.15, -0.1) is 0 Å². The zero-order chi connectivity index (χ0) is 15.6. The van der Waals surface area contributed by atoms with Crippen LogP contribution in [0, 0.1) is 0 Å². The van der Waals surface area contributed by atoms with Gasteiger partial charge in [0.15, 0.2) is 0 Å². The maximum absolute atomic E-state index is 10.9. The van der Waals surface area contributed by atoms with E-state index in [0.29, 0.717) is 10.5 Å². The van der Waals surface area contributed by atoms with Crippen LogP contribution in [0.4, 0.5) is 0 Å². The second kappa shape index (κ2) is 12.1. The Kier molecular flexibility index (Phi) is 14.7. The molecule has 0 saturated carbocycles. The highest BCUT2D eigenvalue weighted by atomic mass is 28.4. The molecule has 0 unspecified atom stereocenters. The smallest absolute Gasteiger partial charge is 0.529 e. The molecule has 0 N–H and O–H groups in total. The highest BCUT2D eigenvalue weighted by Gasteiger charge is 2.40. The molecular weight excluding hydrogens is 296 g/mol. The lowest BCUT2D eigenvalue weighted by Crippen LogP contribution is -2.47. The molecule has 0 aromatic rings. The molecule has 0 radical (unpaired) electrons. The van der Waals surface area contributed by atoms with Gasteiger partial charge in [-0.1, -0.05) is 7.43 Å². The van der Waals surface area contributed by atoms with Gasteiger partial charge in [0.2, 0.25) is 10.5 Å². The fourth-order valence-corrected chi connectivity index (χ4v) is 3.58. The summed E-state index contributed by atoms with van der Waals surface area (Å²) < 4.78 is 20.4. The zero-order valence-electron chi connectivity index (χ0n) is 13.1. The Labute approximate surface area is 127 Å². The van der Waals surface area contributed by atoms with Crippen LogP contribution in [0.3, 0.4) is 0 Å². The van der Waals surface area contributed by atoms with E-state index in [1.165, 1.54) is 13.8 Å². The molecule has 0 spiro atoms. The van der Waals surface area contributed by atoms with Crippen LogP contribution in [-0.4, -0.2) is 43.4 Å². The Balaban J connectivity index is -0.000000414. The molecule has 0 heterocycles. The first-order valence-electron chi connectivity index (χ1n) is 6.12. The summed E-state index contributed by atoms with van der Waals surface area (Å²) in [6, 6.07) is 0. The van der Waals surface area contributed by atoms with Crippen molar-refractivity contribution < 1.29 is 27.3 Å². The van der Waals surface area contributed by atoms with E-state index in [0.717, 1.165) is 0 Å². The van der Waals surface area contributed by atoms with Crippen LogP contribution in [0.25, 0.3) is 0 Å².